The quantitative estimate of drug-likeness (QED) is 0.581. The summed E-state index contributed by atoms with van der Waals surface area (Å²) in [7, 11) is 0. The van der Waals surface area contributed by atoms with Gasteiger partial charge in [-0.15, -0.1) is 13.2 Å². The Morgan fingerprint density at radius 2 is 1.90 bits per heavy atom. The van der Waals surface area contributed by atoms with Gasteiger partial charge in [0.15, 0.2) is 0 Å². The third-order valence-electron chi connectivity index (χ3n) is 6.34. The molecule has 0 saturated carbocycles. The van der Waals surface area contributed by atoms with Crippen LogP contribution in [0.3, 0.4) is 0 Å². The summed E-state index contributed by atoms with van der Waals surface area (Å²) in [5, 5.41) is 0.710. The lowest BCUT2D eigenvalue weighted by Gasteiger charge is -2.41. The van der Waals surface area contributed by atoms with Gasteiger partial charge in [0.2, 0.25) is 11.8 Å². The molecule has 2 heterocycles. The second kappa shape index (κ2) is 9.62. The maximum Gasteiger partial charge on any atom is 0.227 e. The maximum atomic E-state index is 13.4. The molecule has 0 radical (unpaired) electrons. The van der Waals surface area contributed by atoms with E-state index in [9.17, 15) is 9.59 Å². The number of carbonyl (C=O) groups excluding carboxylic acids is 2. The summed E-state index contributed by atoms with van der Waals surface area (Å²) in [5.74, 6) is 0.216. The zero-order valence-electron chi connectivity index (χ0n) is 17.1. The highest BCUT2D eigenvalue weighted by Gasteiger charge is 2.44. The first-order valence-electron chi connectivity index (χ1n) is 10.5. The lowest BCUT2D eigenvalue weighted by Crippen LogP contribution is -2.53. The van der Waals surface area contributed by atoms with E-state index in [0.717, 1.165) is 44.2 Å². The Morgan fingerprint density at radius 3 is 2.55 bits per heavy atom. The Balaban J connectivity index is 1.66. The van der Waals surface area contributed by atoms with E-state index in [-0.39, 0.29) is 23.3 Å². The van der Waals surface area contributed by atoms with Crippen LogP contribution in [-0.4, -0.2) is 46.8 Å². The molecule has 5 heteroatoms. The number of nitrogens with zero attached hydrogens (tertiary/aromatic N) is 2. The molecule has 1 unspecified atom stereocenters. The Hall–Kier alpha value is -2.07. The fraction of sp³-hybridized carbons (Fsp3) is 0.500. The largest absolute Gasteiger partial charge is 0.342 e. The van der Waals surface area contributed by atoms with Crippen LogP contribution in [0.2, 0.25) is 5.02 Å². The molecule has 0 N–H and O–H groups in total. The number of hydrogen-bond donors (Lipinski definition) is 0. The van der Waals surface area contributed by atoms with Crippen LogP contribution in [0.15, 0.2) is 49.6 Å². The van der Waals surface area contributed by atoms with Gasteiger partial charge in [0.05, 0.1) is 5.92 Å². The second-order valence-corrected chi connectivity index (χ2v) is 8.69. The molecule has 4 nitrogen and oxygen atoms in total. The van der Waals surface area contributed by atoms with Crippen LogP contribution in [0.25, 0.3) is 0 Å². The minimum absolute atomic E-state index is 0.120. The molecule has 1 aromatic rings. The van der Waals surface area contributed by atoms with Crippen LogP contribution in [0.4, 0.5) is 0 Å². The Morgan fingerprint density at radius 1 is 1.21 bits per heavy atom. The van der Waals surface area contributed by atoms with Crippen molar-refractivity contribution < 1.29 is 9.59 Å². The maximum absolute atomic E-state index is 13.4. The van der Waals surface area contributed by atoms with Crippen molar-refractivity contribution in [2.75, 3.05) is 19.6 Å². The van der Waals surface area contributed by atoms with Gasteiger partial charge in [0.1, 0.15) is 0 Å². The van der Waals surface area contributed by atoms with E-state index >= 15 is 0 Å². The number of hydrogen-bond acceptors (Lipinski definition) is 2. The van der Waals surface area contributed by atoms with Gasteiger partial charge in [0.25, 0.3) is 0 Å². The van der Waals surface area contributed by atoms with Gasteiger partial charge in [-0.05, 0) is 56.2 Å². The monoisotopic (exact) mass is 414 g/mol. The smallest absolute Gasteiger partial charge is 0.227 e. The van der Waals surface area contributed by atoms with Crippen molar-refractivity contribution >= 4 is 23.4 Å². The molecule has 0 aromatic heterocycles. The zero-order chi connectivity index (χ0) is 20.9. The van der Waals surface area contributed by atoms with Crippen molar-refractivity contribution in [1.82, 2.24) is 9.80 Å². The number of likely N-dealkylation sites (tertiary alicyclic amines) is 2. The first-order valence-corrected chi connectivity index (χ1v) is 10.9. The van der Waals surface area contributed by atoms with Gasteiger partial charge in [-0.2, -0.15) is 0 Å². The number of carbonyl (C=O) groups is 2. The molecule has 2 saturated heterocycles. The lowest BCUT2D eigenvalue weighted by atomic mass is 9.86. The highest BCUT2D eigenvalue weighted by molar-refractivity contribution is 6.30. The number of amides is 2. The van der Waals surface area contributed by atoms with Crippen molar-refractivity contribution in [3.8, 4) is 0 Å². The van der Waals surface area contributed by atoms with Crippen LogP contribution < -0.4 is 0 Å². The standard InChI is InChI=1S/C24H31ClN2O2/c1-3-13-24(14-4-2)15-5-16-27(24)23(29)20-8-11-22(28)26(18-20)17-12-19-6-9-21(25)10-7-19/h3-4,6-7,9-10,20H,1-2,5,8,11-18H2. The predicted molar refractivity (Wildman–Crippen MR) is 118 cm³/mol. The molecule has 1 aromatic carbocycles. The Bertz CT molecular complexity index is 749. The first-order chi connectivity index (χ1) is 14.0. The summed E-state index contributed by atoms with van der Waals surface area (Å²) in [6.07, 6.45) is 9.26. The molecule has 2 amide bonds. The molecule has 2 aliphatic heterocycles. The third kappa shape index (κ3) is 4.92. The number of halogens is 1. The molecule has 1 atom stereocenters. The SMILES string of the molecule is C=CCC1(CC=C)CCCN1C(=O)C1CCC(=O)N(CCc2ccc(Cl)cc2)C1. The fourth-order valence-corrected chi connectivity index (χ4v) is 4.92. The number of rotatable bonds is 8. The molecule has 0 bridgehead atoms. The van der Waals surface area contributed by atoms with Gasteiger partial charge in [-0.25, -0.2) is 0 Å². The summed E-state index contributed by atoms with van der Waals surface area (Å²) >= 11 is 5.95. The average Bonchev–Trinajstić information content (AvgIpc) is 3.12. The minimum atomic E-state index is -0.184. The average molecular weight is 415 g/mol. The zero-order valence-corrected chi connectivity index (χ0v) is 17.9. The van der Waals surface area contributed by atoms with Crippen LogP contribution in [0.1, 0.15) is 44.1 Å². The molecule has 2 aliphatic rings. The Kier molecular flexibility index (Phi) is 7.18. The van der Waals surface area contributed by atoms with E-state index in [2.05, 4.69) is 18.1 Å². The van der Waals surface area contributed by atoms with Gasteiger partial charge in [0, 0.05) is 36.6 Å². The molecule has 3 rings (SSSR count). The summed E-state index contributed by atoms with van der Waals surface area (Å²) in [6.45, 7) is 9.74. The highest BCUT2D eigenvalue weighted by atomic mass is 35.5. The summed E-state index contributed by atoms with van der Waals surface area (Å²) in [5.41, 5.74) is 0.960. The van der Waals surface area contributed by atoms with Gasteiger partial charge >= 0.3 is 0 Å². The highest BCUT2D eigenvalue weighted by Crippen LogP contribution is 2.38. The first kappa shape index (κ1) is 21.6. The molecule has 2 fully saturated rings. The van der Waals surface area contributed by atoms with E-state index in [4.69, 9.17) is 11.6 Å². The van der Waals surface area contributed by atoms with Gasteiger partial charge in [-0.3, -0.25) is 9.59 Å². The van der Waals surface area contributed by atoms with Crippen LogP contribution in [0.5, 0.6) is 0 Å². The van der Waals surface area contributed by atoms with Gasteiger partial charge in [-0.1, -0.05) is 35.9 Å². The molecule has 0 aliphatic carbocycles. The normalized spacial score (nSPS) is 21.3. The molecular formula is C24H31ClN2O2. The third-order valence-corrected chi connectivity index (χ3v) is 6.60. The van der Waals surface area contributed by atoms with Crippen molar-refractivity contribution in [1.29, 1.82) is 0 Å². The van der Waals surface area contributed by atoms with Crippen molar-refractivity contribution in [3.05, 3.63) is 60.2 Å². The van der Waals surface area contributed by atoms with Crippen molar-refractivity contribution in [3.63, 3.8) is 0 Å². The molecule has 156 valence electrons. The summed E-state index contributed by atoms with van der Waals surface area (Å²) in [4.78, 5) is 29.8. The Labute approximate surface area is 179 Å². The van der Waals surface area contributed by atoms with E-state index in [1.807, 2.05) is 41.3 Å². The lowest BCUT2D eigenvalue weighted by molar-refractivity contribution is -0.145. The predicted octanol–water partition coefficient (Wildman–Crippen LogP) is 4.63. The second-order valence-electron chi connectivity index (χ2n) is 8.26. The van der Waals surface area contributed by atoms with Crippen molar-refractivity contribution in [2.45, 2.75) is 50.5 Å². The fourth-order valence-electron chi connectivity index (χ4n) is 4.80. The minimum Gasteiger partial charge on any atom is -0.342 e. The van der Waals surface area contributed by atoms with Crippen LogP contribution in [-0.2, 0) is 16.0 Å². The summed E-state index contributed by atoms with van der Waals surface area (Å²) < 4.78 is 0. The number of piperidine rings is 1. The van der Waals surface area contributed by atoms with Crippen LogP contribution in [0, 0.1) is 5.92 Å². The van der Waals surface area contributed by atoms with E-state index in [1.54, 1.807) is 0 Å². The van der Waals surface area contributed by atoms with Gasteiger partial charge < -0.3 is 9.80 Å². The topological polar surface area (TPSA) is 40.6 Å². The number of benzene rings is 1. The van der Waals surface area contributed by atoms with E-state index in [1.165, 1.54) is 0 Å². The summed E-state index contributed by atoms with van der Waals surface area (Å²) in [6, 6.07) is 7.71. The van der Waals surface area contributed by atoms with E-state index in [0.29, 0.717) is 31.0 Å². The molecular weight excluding hydrogens is 384 g/mol. The molecule has 29 heavy (non-hydrogen) atoms. The molecule has 0 spiro atoms. The van der Waals surface area contributed by atoms with E-state index < -0.39 is 0 Å². The van der Waals surface area contributed by atoms with Crippen LogP contribution >= 0.6 is 11.6 Å². The van der Waals surface area contributed by atoms with Crippen molar-refractivity contribution in [2.24, 2.45) is 5.92 Å².